The van der Waals surface area contributed by atoms with E-state index in [2.05, 4.69) is 17.3 Å². The second-order valence-electron chi connectivity index (χ2n) is 4.94. The lowest BCUT2D eigenvalue weighted by Crippen LogP contribution is -2.24. The zero-order valence-electron chi connectivity index (χ0n) is 10.6. The Morgan fingerprint density at radius 3 is 2.82 bits per heavy atom. The first kappa shape index (κ1) is 12.2. The van der Waals surface area contributed by atoms with Gasteiger partial charge in [0.25, 0.3) is 0 Å². The predicted octanol–water partition coefficient (Wildman–Crippen LogP) is 1.28. The Kier molecular flexibility index (Phi) is 3.84. The monoisotopic (exact) mass is 235 g/mol. The molecule has 0 aromatic carbocycles. The van der Waals surface area contributed by atoms with Gasteiger partial charge in [-0.05, 0) is 45.5 Å². The summed E-state index contributed by atoms with van der Waals surface area (Å²) < 4.78 is 1.62. The lowest BCUT2D eigenvalue weighted by molar-refractivity contribution is 0.348. The van der Waals surface area contributed by atoms with Crippen LogP contribution in [-0.4, -0.2) is 35.6 Å². The summed E-state index contributed by atoms with van der Waals surface area (Å²) in [4.78, 5) is 13.7. The van der Waals surface area contributed by atoms with Crippen LogP contribution in [0.25, 0.3) is 0 Å². The normalized spacial score (nSPS) is 22.1. The Bertz CT molecular complexity index is 427. The molecular formula is C13H21N3O. The number of rotatable bonds is 2. The molecule has 1 fully saturated rings. The van der Waals surface area contributed by atoms with E-state index in [4.69, 9.17) is 0 Å². The summed E-state index contributed by atoms with van der Waals surface area (Å²) in [6.07, 6.45) is 5.48. The van der Waals surface area contributed by atoms with Crippen molar-refractivity contribution in [3.05, 3.63) is 28.7 Å². The van der Waals surface area contributed by atoms with Gasteiger partial charge in [0.05, 0.1) is 5.69 Å². The highest BCUT2D eigenvalue weighted by molar-refractivity contribution is 5.41. The van der Waals surface area contributed by atoms with Gasteiger partial charge in [0.2, 0.25) is 5.56 Å². The van der Waals surface area contributed by atoms with Crippen LogP contribution in [0.15, 0.2) is 23.1 Å². The second kappa shape index (κ2) is 5.36. The standard InChI is InChI=1S/C13H21N3O/c1-15-8-3-4-11(7-9-15)14-12-5-6-13(17)16(2)10-12/h5-6,10-11,14H,3-4,7-9H2,1-2H3. The number of nitrogens with one attached hydrogen (secondary N) is 1. The fourth-order valence-corrected chi connectivity index (χ4v) is 2.30. The number of pyridine rings is 1. The lowest BCUT2D eigenvalue weighted by Gasteiger charge is -2.18. The molecule has 2 rings (SSSR count). The number of nitrogens with zero attached hydrogens (tertiary/aromatic N) is 2. The summed E-state index contributed by atoms with van der Waals surface area (Å²) in [7, 11) is 3.96. The van der Waals surface area contributed by atoms with Crippen LogP contribution in [0, 0.1) is 0 Å². The van der Waals surface area contributed by atoms with Crippen molar-refractivity contribution in [1.82, 2.24) is 9.47 Å². The van der Waals surface area contributed by atoms with Crippen molar-refractivity contribution < 1.29 is 0 Å². The number of anilines is 1. The molecule has 4 nitrogen and oxygen atoms in total. The average molecular weight is 235 g/mol. The van der Waals surface area contributed by atoms with E-state index in [1.165, 1.54) is 25.8 Å². The van der Waals surface area contributed by atoms with Gasteiger partial charge in [-0.25, -0.2) is 0 Å². The molecule has 1 aromatic heterocycles. The van der Waals surface area contributed by atoms with Crippen LogP contribution >= 0.6 is 0 Å². The molecule has 0 radical (unpaired) electrons. The highest BCUT2D eigenvalue weighted by atomic mass is 16.1. The van der Waals surface area contributed by atoms with E-state index in [-0.39, 0.29) is 5.56 Å². The van der Waals surface area contributed by atoms with Crippen molar-refractivity contribution in [3.8, 4) is 0 Å². The summed E-state index contributed by atoms with van der Waals surface area (Å²) in [5.74, 6) is 0. The van der Waals surface area contributed by atoms with E-state index in [1.807, 2.05) is 12.3 Å². The van der Waals surface area contributed by atoms with Gasteiger partial charge in [-0.3, -0.25) is 4.79 Å². The Labute approximate surface area is 102 Å². The fraction of sp³-hybridized carbons (Fsp3) is 0.615. The maximum Gasteiger partial charge on any atom is 0.250 e. The van der Waals surface area contributed by atoms with Gasteiger partial charge < -0.3 is 14.8 Å². The Morgan fingerprint density at radius 2 is 2.06 bits per heavy atom. The summed E-state index contributed by atoms with van der Waals surface area (Å²) >= 11 is 0. The van der Waals surface area contributed by atoms with Crippen molar-refractivity contribution in [3.63, 3.8) is 0 Å². The first-order chi connectivity index (χ1) is 8.15. The summed E-state index contributed by atoms with van der Waals surface area (Å²) in [5, 5.41) is 3.52. The minimum atomic E-state index is 0.0381. The third kappa shape index (κ3) is 3.33. The Morgan fingerprint density at radius 1 is 1.24 bits per heavy atom. The summed E-state index contributed by atoms with van der Waals surface area (Å²) in [6.45, 7) is 2.33. The van der Waals surface area contributed by atoms with Crippen molar-refractivity contribution >= 4 is 5.69 Å². The smallest absolute Gasteiger partial charge is 0.250 e. The maximum atomic E-state index is 11.3. The van der Waals surface area contributed by atoms with Gasteiger partial charge in [-0.1, -0.05) is 0 Å². The molecule has 1 aromatic rings. The SMILES string of the molecule is CN1CCCC(Nc2ccc(=O)n(C)c2)CC1. The molecule has 2 heterocycles. The lowest BCUT2D eigenvalue weighted by atomic mass is 10.1. The van der Waals surface area contributed by atoms with Gasteiger partial charge in [-0.15, -0.1) is 0 Å². The molecule has 4 heteroatoms. The van der Waals surface area contributed by atoms with Crippen LogP contribution in [0.3, 0.4) is 0 Å². The molecular weight excluding hydrogens is 214 g/mol. The molecule has 94 valence electrons. The number of aryl methyl sites for hydroxylation is 1. The molecule has 0 spiro atoms. The van der Waals surface area contributed by atoms with E-state index >= 15 is 0 Å². The van der Waals surface area contributed by atoms with Gasteiger partial charge in [0.15, 0.2) is 0 Å². The van der Waals surface area contributed by atoms with E-state index in [9.17, 15) is 4.79 Å². The third-order valence-electron chi connectivity index (χ3n) is 3.41. The van der Waals surface area contributed by atoms with E-state index in [0.717, 1.165) is 12.2 Å². The molecule has 17 heavy (non-hydrogen) atoms. The number of hydrogen-bond acceptors (Lipinski definition) is 3. The van der Waals surface area contributed by atoms with Crippen LogP contribution in [0.1, 0.15) is 19.3 Å². The van der Waals surface area contributed by atoms with Crippen molar-refractivity contribution in [2.75, 3.05) is 25.5 Å². The molecule has 1 atom stereocenters. The minimum absolute atomic E-state index is 0.0381. The Hall–Kier alpha value is -1.29. The molecule has 0 amide bonds. The van der Waals surface area contributed by atoms with Gasteiger partial charge in [0.1, 0.15) is 0 Å². The third-order valence-corrected chi connectivity index (χ3v) is 3.41. The second-order valence-corrected chi connectivity index (χ2v) is 4.94. The molecule has 1 saturated heterocycles. The van der Waals surface area contributed by atoms with Crippen molar-refractivity contribution in [2.45, 2.75) is 25.3 Å². The molecule has 0 bridgehead atoms. The average Bonchev–Trinajstić information content (AvgIpc) is 2.49. The summed E-state index contributed by atoms with van der Waals surface area (Å²) in [6, 6.07) is 4.01. The molecule has 1 aliphatic rings. The predicted molar refractivity (Wildman–Crippen MR) is 70.4 cm³/mol. The van der Waals surface area contributed by atoms with E-state index < -0.39 is 0 Å². The number of likely N-dealkylation sites (tertiary alicyclic amines) is 1. The zero-order valence-corrected chi connectivity index (χ0v) is 10.6. The van der Waals surface area contributed by atoms with E-state index in [0.29, 0.717) is 6.04 Å². The zero-order chi connectivity index (χ0) is 12.3. The van der Waals surface area contributed by atoms with E-state index in [1.54, 1.807) is 17.7 Å². The van der Waals surface area contributed by atoms with Crippen LogP contribution in [-0.2, 0) is 7.05 Å². The molecule has 0 saturated carbocycles. The molecule has 1 N–H and O–H groups in total. The van der Waals surface area contributed by atoms with Gasteiger partial charge in [-0.2, -0.15) is 0 Å². The summed E-state index contributed by atoms with van der Waals surface area (Å²) in [5.41, 5.74) is 1.08. The highest BCUT2D eigenvalue weighted by Gasteiger charge is 2.14. The van der Waals surface area contributed by atoms with Crippen LogP contribution < -0.4 is 10.9 Å². The molecule has 1 unspecified atom stereocenters. The topological polar surface area (TPSA) is 37.3 Å². The first-order valence-electron chi connectivity index (χ1n) is 6.27. The number of aromatic nitrogens is 1. The fourth-order valence-electron chi connectivity index (χ4n) is 2.30. The molecule has 1 aliphatic heterocycles. The van der Waals surface area contributed by atoms with Crippen LogP contribution in [0.2, 0.25) is 0 Å². The van der Waals surface area contributed by atoms with Gasteiger partial charge in [0, 0.05) is 25.4 Å². The highest BCUT2D eigenvalue weighted by Crippen LogP contribution is 2.15. The van der Waals surface area contributed by atoms with Gasteiger partial charge >= 0.3 is 0 Å². The minimum Gasteiger partial charge on any atom is -0.381 e. The maximum absolute atomic E-state index is 11.3. The van der Waals surface area contributed by atoms with Crippen LogP contribution in [0.5, 0.6) is 0 Å². The largest absolute Gasteiger partial charge is 0.381 e. The van der Waals surface area contributed by atoms with Crippen molar-refractivity contribution in [1.29, 1.82) is 0 Å². The number of hydrogen-bond donors (Lipinski definition) is 1. The molecule has 0 aliphatic carbocycles. The van der Waals surface area contributed by atoms with Crippen LogP contribution in [0.4, 0.5) is 5.69 Å². The first-order valence-corrected chi connectivity index (χ1v) is 6.27. The quantitative estimate of drug-likeness (QED) is 0.839. The van der Waals surface area contributed by atoms with Crippen molar-refractivity contribution in [2.24, 2.45) is 7.05 Å². The Balaban J connectivity index is 2.00.